The largest absolute Gasteiger partial charge is 0.488 e. The molecule has 2 atom stereocenters. The van der Waals surface area contributed by atoms with Crippen molar-refractivity contribution in [3.8, 4) is 5.75 Å². The van der Waals surface area contributed by atoms with E-state index in [1.54, 1.807) is 0 Å². The van der Waals surface area contributed by atoms with Gasteiger partial charge in [-0.15, -0.1) is 0 Å². The minimum atomic E-state index is -1.13. The summed E-state index contributed by atoms with van der Waals surface area (Å²) >= 11 is 5.95. The Morgan fingerprint density at radius 3 is 2.46 bits per heavy atom. The number of hydrogen-bond donors (Lipinski definition) is 1. The number of rotatable bonds is 5. The van der Waals surface area contributed by atoms with Crippen LogP contribution < -0.4 is 9.64 Å². The lowest BCUT2D eigenvalue weighted by molar-refractivity contribution is -0.131. The van der Waals surface area contributed by atoms with Gasteiger partial charge in [0.25, 0.3) is 0 Å². The molecule has 8 heteroatoms. The summed E-state index contributed by atoms with van der Waals surface area (Å²) in [5.74, 6) is -3.42. The second-order valence-electron chi connectivity index (χ2n) is 6.29. The minimum absolute atomic E-state index is 0.0357. The van der Waals surface area contributed by atoms with Crippen LogP contribution in [-0.4, -0.2) is 29.5 Å². The van der Waals surface area contributed by atoms with E-state index >= 15 is 0 Å². The Labute approximate surface area is 154 Å². The average molecular weight is 382 g/mol. The monoisotopic (exact) mass is 381 g/mol. The van der Waals surface area contributed by atoms with Crippen molar-refractivity contribution >= 4 is 35.1 Å². The van der Waals surface area contributed by atoms with Crippen LogP contribution in [0.3, 0.4) is 0 Å². The molecule has 1 saturated heterocycles. The molecule has 2 fully saturated rings. The van der Waals surface area contributed by atoms with Crippen LogP contribution in [0.5, 0.6) is 5.75 Å². The van der Waals surface area contributed by atoms with Crippen molar-refractivity contribution in [1.29, 1.82) is 0 Å². The number of hydrogen-bond acceptors (Lipinski definition) is 4. The van der Waals surface area contributed by atoms with Crippen LogP contribution in [0.2, 0.25) is 5.02 Å². The van der Waals surface area contributed by atoms with Gasteiger partial charge in [-0.3, -0.25) is 9.59 Å². The van der Waals surface area contributed by atoms with E-state index in [9.17, 15) is 18.8 Å². The van der Waals surface area contributed by atoms with Gasteiger partial charge >= 0.3 is 5.97 Å². The van der Waals surface area contributed by atoms with E-state index in [2.05, 4.69) is 0 Å². The summed E-state index contributed by atoms with van der Waals surface area (Å²) < 4.78 is 19.8. The molecule has 2 amide bonds. The summed E-state index contributed by atoms with van der Waals surface area (Å²) in [6, 6.07) is 2.19. The van der Waals surface area contributed by atoms with E-state index in [-0.39, 0.29) is 23.1 Å². The van der Waals surface area contributed by atoms with Gasteiger partial charge < -0.3 is 9.84 Å². The molecular weight excluding hydrogens is 365 g/mol. The molecular formula is C18H17ClFNO5. The second kappa shape index (κ2) is 7.45. The van der Waals surface area contributed by atoms with Crippen LogP contribution in [0, 0.1) is 17.7 Å². The Hall–Kier alpha value is -2.41. The molecule has 2 unspecified atom stereocenters. The number of halogens is 2. The van der Waals surface area contributed by atoms with Crippen molar-refractivity contribution in [2.45, 2.75) is 25.7 Å². The Bertz CT molecular complexity index is 770. The Morgan fingerprint density at radius 2 is 1.88 bits per heavy atom. The summed E-state index contributed by atoms with van der Waals surface area (Å²) in [5, 5.41) is 8.51. The van der Waals surface area contributed by atoms with E-state index in [0.717, 1.165) is 29.9 Å². The van der Waals surface area contributed by atoms with Crippen molar-refractivity contribution in [2.75, 3.05) is 11.5 Å². The van der Waals surface area contributed by atoms with Gasteiger partial charge in [0.2, 0.25) is 11.8 Å². The number of nitrogens with zero attached hydrogens (tertiary/aromatic N) is 1. The summed E-state index contributed by atoms with van der Waals surface area (Å²) in [6.45, 7) is -0.107. The molecule has 6 nitrogen and oxygen atoms in total. The number of amides is 2. The summed E-state index contributed by atoms with van der Waals surface area (Å²) in [4.78, 5) is 36.6. The first-order chi connectivity index (χ1) is 12.4. The minimum Gasteiger partial charge on any atom is -0.488 e. The fourth-order valence-corrected chi connectivity index (χ4v) is 3.69. The fourth-order valence-electron chi connectivity index (χ4n) is 3.49. The van der Waals surface area contributed by atoms with E-state index in [0.29, 0.717) is 12.8 Å². The van der Waals surface area contributed by atoms with Gasteiger partial charge in [-0.05, 0) is 25.0 Å². The molecule has 138 valence electrons. The molecule has 0 radical (unpaired) electrons. The third-order valence-electron chi connectivity index (χ3n) is 4.68. The predicted octanol–water partition coefficient (Wildman–Crippen LogP) is 3.18. The van der Waals surface area contributed by atoms with Crippen LogP contribution in [-0.2, 0) is 14.4 Å². The van der Waals surface area contributed by atoms with E-state index in [4.69, 9.17) is 21.4 Å². The molecule has 1 aromatic carbocycles. The van der Waals surface area contributed by atoms with Gasteiger partial charge in [0, 0.05) is 12.1 Å². The topological polar surface area (TPSA) is 83.9 Å². The second-order valence-corrected chi connectivity index (χ2v) is 6.70. The lowest BCUT2D eigenvalue weighted by Crippen LogP contribution is -2.31. The number of imide groups is 1. The number of benzene rings is 1. The molecule has 1 heterocycles. The van der Waals surface area contributed by atoms with Crippen LogP contribution in [0.15, 0.2) is 24.3 Å². The van der Waals surface area contributed by atoms with Gasteiger partial charge in [-0.1, -0.05) is 24.4 Å². The third-order valence-corrected chi connectivity index (χ3v) is 4.97. The molecule has 0 spiro atoms. The van der Waals surface area contributed by atoms with E-state index in [1.165, 1.54) is 12.1 Å². The SMILES string of the molecule is O=C(O)/C=C/COc1cc(N2C(=O)C3CCCCC3C2=O)c(F)cc1Cl. The quantitative estimate of drug-likeness (QED) is 0.625. The molecule has 1 aliphatic heterocycles. The van der Waals surface area contributed by atoms with Crippen molar-refractivity contribution in [3.05, 3.63) is 35.1 Å². The molecule has 1 aliphatic carbocycles. The number of ether oxygens (including phenoxy) is 1. The highest BCUT2D eigenvalue weighted by molar-refractivity contribution is 6.32. The van der Waals surface area contributed by atoms with E-state index in [1.807, 2.05) is 0 Å². The Morgan fingerprint density at radius 1 is 1.27 bits per heavy atom. The highest BCUT2D eigenvalue weighted by Gasteiger charge is 2.49. The zero-order valence-electron chi connectivity index (χ0n) is 13.8. The highest BCUT2D eigenvalue weighted by Crippen LogP contribution is 2.42. The van der Waals surface area contributed by atoms with Crippen LogP contribution in [0.25, 0.3) is 0 Å². The van der Waals surface area contributed by atoms with Crippen molar-refractivity contribution < 1.29 is 28.6 Å². The fraction of sp³-hybridized carbons (Fsp3) is 0.389. The van der Waals surface area contributed by atoms with Crippen LogP contribution in [0.1, 0.15) is 25.7 Å². The van der Waals surface area contributed by atoms with Gasteiger partial charge in [0.15, 0.2) is 0 Å². The van der Waals surface area contributed by atoms with Gasteiger partial charge in [0.05, 0.1) is 22.5 Å². The number of carboxylic acids is 1. The molecule has 3 rings (SSSR count). The average Bonchev–Trinajstić information content (AvgIpc) is 2.85. The molecule has 2 aliphatic rings. The smallest absolute Gasteiger partial charge is 0.328 e. The van der Waals surface area contributed by atoms with E-state index < -0.39 is 35.4 Å². The van der Waals surface area contributed by atoms with Crippen LogP contribution >= 0.6 is 11.6 Å². The lowest BCUT2D eigenvalue weighted by atomic mass is 9.81. The van der Waals surface area contributed by atoms with Gasteiger partial charge in [-0.25, -0.2) is 14.1 Å². The summed E-state index contributed by atoms with van der Waals surface area (Å²) in [6.07, 6.45) is 5.16. The normalized spacial score (nSPS) is 22.8. The van der Waals surface area contributed by atoms with Crippen molar-refractivity contribution in [2.24, 2.45) is 11.8 Å². The first-order valence-corrected chi connectivity index (χ1v) is 8.67. The number of carboxylic acid groups (broad SMARTS) is 1. The maximum atomic E-state index is 14.4. The molecule has 26 heavy (non-hydrogen) atoms. The third kappa shape index (κ3) is 3.44. The Kier molecular flexibility index (Phi) is 5.27. The number of fused-ring (bicyclic) bond motifs is 1. The van der Waals surface area contributed by atoms with Crippen molar-refractivity contribution in [3.63, 3.8) is 0 Å². The number of carbonyl (C=O) groups excluding carboxylic acids is 2. The summed E-state index contributed by atoms with van der Waals surface area (Å²) in [7, 11) is 0. The molecule has 0 bridgehead atoms. The zero-order valence-corrected chi connectivity index (χ0v) is 14.5. The molecule has 1 N–H and O–H groups in total. The predicted molar refractivity (Wildman–Crippen MR) is 91.6 cm³/mol. The number of aliphatic carboxylic acids is 1. The number of carbonyl (C=O) groups is 3. The maximum absolute atomic E-state index is 14.4. The number of anilines is 1. The van der Waals surface area contributed by atoms with Gasteiger partial charge in [-0.2, -0.15) is 0 Å². The first kappa shape index (κ1) is 18.4. The highest BCUT2D eigenvalue weighted by atomic mass is 35.5. The first-order valence-electron chi connectivity index (χ1n) is 8.29. The molecule has 1 aromatic rings. The van der Waals surface area contributed by atoms with Crippen LogP contribution in [0.4, 0.5) is 10.1 Å². The molecule has 1 saturated carbocycles. The Balaban J connectivity index is 1.87. The summed E-state index contributed by atoms with van der Waals surface area (Å²) in [5.41, 5.74) is -0.184. The lowest BCUT2D eigenvalue weighted by Gasteiger charge is -2.19. The standard InChI is InChI=1S/C18H17ClFNO5/c19-12-8-13(20)14(9-15(12)26-7-3-6-16(22)23)21-17(24)10-4-1-2-5-11(10)18(21)25/h3,6,8-11H,1-2,4-5,7H2,(H,22,23)/b6-3+. The van der Waals surface area contributed by atoms with Crippen molar-refractivity contribution in [1.82, 2.24) is 0 Å². The van der Waals surface area contributed by atoms with Gasteiger partial charge in [0.1, 0.15) is 18.2 Å². The zero-order chi connectivity index (χ0) is 18.8. The molecule has 0 aromatic heterocycles. The maximum Gasteiger partial charge on any atom is 0.328 e.